The Morgan fingerprint density at radius 1 is 1.22 bits per heavy atom. The Bertz CT molecular complexity index is 319. The molecule has 102 valence electrons. The monoisotopic (exact) mass is 267 g/mol. The van der Waals surface area contributed by atoms with Crippen molar-refractivity contribution in [3.05, 3.63) is 0 Å². The van der Waals surface area contributed by atoms with Crippen LogP contribution in [0.25, 0.3) is 0 Å². The summed E-state index contributed by atoms with van der Waals surface area (Å²) in [5, 5.41) is 5.48. The Morgan fingerprint density at radius 2 is 2.11 bits per heavy atom. The largest absolute Gasteiger partial charge is 0.362 e. The first-order chi connectivity index (χ1) is 8.72. The van der Waals surface area contributed by atoms with Crippen LogP contribution >= 0.6 is 11.8 Å². The molecule has 3 heterocycles. The number of rotatable bonds is 1. The second-order valence-corrected chi connectivity index (χ2v) is 7.53. The molecule has 3 aliphatic rings. The zero-order chi connectivity index (χ0) is 12.5. The minimum Gasteiger partial charge on any atom is -0.362 e. The number of piperidine rings is 1. The molecule has 3 rings (SSSR count). The third kappa shape index (κ3) is 2.69. The second kappa shape index (κ2) is 5.41. The lowest BCUT2D eigenvalue weighted by atomic mass is 10.00. The van der Waals surface area contributed by atoms with E-state index < -0.39 is 0 Å². The van der Waals surface area contributed by atoms with Crippen LogP contribution in [-0.2, 0) is 0 Å². The normalized spacial score (nSPS) is 43.8. The van der Waals surface area contributed by atoms with Crippen molar-refractivity contribution in [2.75, 3.05) is 13.1 Å². The SMILES string of the molecule is CC1CC(C)SC(=NC2CCN3CCCCC23)N1. The van der Waals surface area contributed by atoms with E-state index in [0.29, 0.717) is 17.3 Å². The molecule has 0 spiro atoms. The molecular formula is C14H25N3S. The van der Waals surface area contributed by atoms with Crippen molar-refractivity contribution in [1.29, 1.82) is 0 Å². The minimum atomic E-state index is 0.554. The molecule has 0 radical (unpaired) electrons. The van der Waals surface area contributed by atoms with E-state index in [4.69, 9.17) is 4.99 Å². The number of amidine groups is 1. The summed E-state index contributed by atoms with van der Waals surface area (Å²) in [6.07, 6.45) is 6.66. The zero-order valence-electron chi connectivity index (χ0n) is 11.6. The Hall–Kier alpha value is -0.220. The van der Waals surface area contributed by atoms with Gasteiger partial charge in [0.1, 0.15) is 0 Å². The van der Waals surface area contributed by atoms with E-state index in [1.54, 1.807) is 0 Å². The van der Waals surface area contributed by atoms with Gasteiger partial charge < -0.3 is 5.32 Å². The molecule has 0 aromatic heterocycles. The van der Waals surface area contributed by atoms with Crippen LogP contribution in [-0.4, -0.2) is 46.5 Å². The van der Waals surface area contributed by atoms with Crippen LogP contribution < -0.4 is 5.32 Å². The number of aliphatic imine (C=N–C) groups is 1. The fourth-order valence-electron chi connectivity index (χ4n) is 3.63. The maximum atomic E-state index is 5.05. The summed E-state index contributed by atoms with van der Waals surface area (Å²) in [5.74, 6) is 0. The van der Waals surface area contributed by atoms with Crippen LogP contribution in [0.4, 0.5) is 0 Å². The van der Waals surface area contributed by atoms with Gasteiger partial charge >= 0.3 is 0 Å². The van der Waals surface area contributed by atoms with Gasteiger partial charge in [0.25, 0.3) is 0 Å². The average Bonchev–Trinajstić information content (AvgIpc) is 2.72. The number of nitrogens with one attached hydrogen (secondary N) is 1. The fourth-order valence-corrected chi connectivity index (χ4v) is 4.86. The molecule has 3 fully saturated rings. The van der Waals surface area contributed by atoms with Crippen molar-refractivity contribution >= 4 is 16.9 Å². The highest BCUT2D eigenvalue weighted by Crippen LogP contribution is 2.31. The van der Waals surface area contributed by atoms with Crippen molar-refractivity contribution < 1.29 is 0 Å². The zero-order valence-corrected chi connectivity index (χ0v) is 12.4. The van der Waals surface area contributed by atoms with Crippen LogP contribution in [0.2, 0.25) is 0 Å². The summed E-state index contributed by atoms with van der Waals surface area (Å²) >= 11 is 1.94. The van der Waals surface area contributed by atoms with Gasteiger partial charge in [0.15, 0.2) is 5.17 Å². The highest BCUT2D eigenvalue weighted by molar-refractivity contribution is 8.14. The number of fused-ring (bicyclic) bond motifs is 1. The maximum Gasteiger partial charge on any atom is 0.157 e. The summed E-state index contributed by atoms with van der Waals surface area (Å²) in [6.45, 7) is 7.16. The molecule has 3 nitrogen and oxygen atoms in total. The molecule has 0 amide bonds. The van der Waals surface area contributed by atoms with Crippen molar-refractivity contribution in [2.45, 2.75) is 69.3 Å². The number of thioether (sulfide) groups is 1. The molecule has 18 heavy (non-hydrogen) atoms. The van der Waals surface area contributed by atoms with Crippen LogP contribution in [0, 0.1) is 0 Å². The van der Waals surface area contributed by atoms with E-state index in [1.807, 2.05) is 11.8 Å². The van der Waals surface area contributed by atoms with Gasteiger partial charge in [0.05, 0.1) is 6.04 Å². The van der Waals surface area contributed by atoms with Crippen LogP contribution in [0.3, 0.4) is 0 Å². The Balaban J connectivity index is 1.67. The Kier molecular flexibility index (Phi) is 3.85. The fraction of sp³-hybridized carbons (Fsp3) is 0.929. The third-order valence-corrected chi connectivity index (χ3v) is 5.51. The molecule has 4 heteroatoms. The molecule has 0 aromatic rings. The predicted molar refractivity (Wildman–Crippen MR) is 79.3 cm³/mol. The smallest absolute Gasteiger partial charge is 0.157 e. The first-order valence-corrected chi connectivity index (χ1v) is 8.35. The van der Waals surface area contributed by atoms with Gasteiger partial charge in [-0.15, -0.1) is 0 Å². The summed E-state index contributed by atoms with van der Waals surface area (Å²) in [4.78, 5) is 7.71. The van der Waals surface area contributed by atoms with Gasteiger partial charge in [0.2, 0.25) is 0 Å². The molecule has 3 saturated heterocycles. The molecule has 0 aliphatic carbocycles. The molecule has 0 aromatic carbocycles. The molecule has 4 atom stereocenters. The molecule has 3 aliphatic heterocycles. The first kappa shape index (κ1) is 12.8. The van der Waals surface area contributed by atoms with Crippen LogP contribution in [0.5, 0.6) is 0 Å². The van der Waals surface area contributed by atoms with Crippen LogP contribution in [0.1, 0.15) is 46.0 Å². The molecule has 4 unspecified atom stereocenters. The van der Waals surface area contributed by atoms with Crippen LogP contribution in [0.15, 0.2) is 4.99 Å². The van der Waals surface area contributed by atoms with Gasteiger partial charge in [-0.25, -0.2) is 0 Å². The van der Waals surface area contributed by atoms with Gasteiger partial charge in [-0.05, 0) is 39.2 Å². The summed E-state index contributed by atoms with van der Waals surface area (Å²) < 4.78 is 0. The van der Waals surface area contributed by atoms with Crippen molar-refractivity contribution in [2.24, 2.45) is 4.99 Å². The number of hydrogen-bond acceptors (Lipinski definition) is 3. The average molecular weight is 267 g/mol. The van der Waals surface area contributed by atoms with E-state index in [1.165, 1.54) is 50.4 Å². The second-order valence-electron chi connectivity index (χ2n) is 6.10. The molecule has 1 N–H and O–H groups in total. The predicted octanol–water partition coefficient (Wildman–Crippen LogP) is 2.47. The van der Waals surface area contributed by atoms with E-state index in [2.05, 4.69) is 24.1 Å². The maximum absolute atomic E-state index is 5.05. The number of hydrogen-bond donors (Lipinski definition) is 1. The van der Waals surface area contributed by atoms with Crippen molar-refractivity contribution in [1.82, 2.24) is 10.2 Å². The number of nitrogens with zero attached hydrogens (tertiary/aromatic N) is 2. The van der Waals surface area contributed by atoms with Gasteiger partial charge in [-0.1, -0.05) is 25.1 Å². The molecule has 0 saturated carbocycles. The summed E-state index contributed by atoms with van der Waals surface area (Å²) in [6, 6.07) is 1.88. The Morgan fingerprint density at radius 3 is 2.94 bits per heavy atom. The van der Waals surface area contributed by atoms with Gasteiger partial charge in [-0.2, -0.15) is 0 Å². The highest BCUT2D eigenvalue weighted by atomic mass is 32.2. The highest BCUT2D eigenvalue weighted by Gasteiger charge is 2.36. The minimum absolute atomic E-state index is 0.554. The topological polar surface area (TPSA) is 27.6 Å². The van der Waals surface area contributed by atoms with E-state index in [9.17, 15) is 0 Å². The van der Waals surface area contributed by atoms with Crippen molar-refractivity contribution in [3.63, 3.8) is 0 Å². The summed E-state index contributed by atoms with van der Waals surface area (Å²) in [5.41, 5.74) is 0. The standard InChI is InChI=1S/C14H25N3S/c1-10-9-11(2)18-14(15-10)16-12-6-8-17-7-4-3-5-13(12)17/h10-13H,3-9H2,1-2H3,(H,15,16). The summed E-state index contributed by atoms with van der Waals surface area (Å²) in [7, 11) is 0. The third-order valence-electron chi connectivity index (χ3n) is 4.47. The lowest BCUT2D eigenvalue weighted by molar-refractivity contribution is 0.190. The lowest BCUT2D eigenvalue weighted by Crippen LogP contribution is -2.41. The quantitative estimate of drug-likeness (QED) is 0.791. The lowest BCUT2D eigenvalue weighted by Gasteiger charge is -2.32. The van der Waals surface area contributed by atoms with Crippen molar-refractivity contribution in [3.8, 4) is 0 Å². The van der Waals surface area contributed by atoms with Gasteiger partial charge in [-0.3, -0.25) is 9.89 Å². The van der Waals surface area contributed by atoms with E-state index in [-0.39, 0.29) is 0 Å². The first-order valence-electron chi connectivity index (χ1n) is 7.47. The molecular weight excluding hydrogens is 242 g/mol. The molecule has 0 bridgehead atoms. The van der Waals surface area contributed by atoms with E-state index in [0.717, 1.165) is 6.04 Å². The van der Waals surface area contributed by atoms with Gasteiger partial charge in [0, 0.05) is 23.9 Å². The van der Waals surface area contributed by atoms with E-state index >= 15 is 0 Å². The Labute approximate surface area is 115 Å².